The molecule has 0 saturated heterocycles. The molecule has 0 amide bonds. The maximum atomic E-state index is 12.4. The van der Waals surface area contributed by atoms with E-state index in [2.05, 4.69) is 11.9 Å². The molecule has 1 aromatic heterocycles. The molecule has 106 valence electrons. The van der Waals surface area contributed by atoms with Gasteiger partial charge < -0.3 is 5.11 Å². The van der Waals surface area contributed by atoms with Gasteiger partial charge in [0, 0.05) is 6.20 Å². The smallest absolute Gasteiger partial charge is 0.387 e. The normalized spacial score (nSPS) is 26.2. The van der Waals surface area contributed by atoms with Crippen LogP contribution in [0.3, 0.4) is 0 Å². The summed E-state index contributed by atoms with van der Waals surface area (Å²) in [5.41, 5.74) is -0.437. The highest BCUT2D eigenvalue weighted by Gasteiger charge is 2.32. The highest BCUT2D eigenvalue weighted by molar-refractivity contribution is 5.18. The average molecular weight is 273 g/mol. The zero-order valence-electron chi connectivity index (χ0n) is 10.8. The molecule has 1 aliphatic carbocycles. The number of aliphatic hydroxyl groups excluding tert-OH is 1. The van der Waals surface area contributed by atoms with E-state index in [9.17, 15) is 18.3 Å². The molecule has 1 fully saturated rings. The Morgan fingerprint density at radius 3 is 2.58 bits per heavy atom. The number of rotatable bonds is 2. The molecule has 19 heavy (non-hydrogen) atoms. The molecule has 2 rings (SSSR count). The minimum atomic E-state index is -4.38. The Bertz CT molecular complexity index is 416. The summed E-state index contributed by atoms with van der Waals surface area (Å²) in [5, 5.41) is 10.2. The van der Waals surface area contributed by atoms with Crippen LogP contribution in [0.25, 0.3) is 0 Å². The van der Waals surface area contributed by atoms with E-state index in [4.69, 9.17) is 0 Å². The number of aliphatic hydroxyl groups is 1. The van der Waals surface area contributed by atoms with Gasteiger partial charge in [0.15, 0.2) is 0 Å². The molecule has 1 aliphatic rings. The van der Waals surface area contributed by atoms with Crippen molar-refractivity contribution in [3.05, 3.63) is 29.6 Å². The average Bonchev–Trinajstić information content (AvgIpc) is 2.37. The zero-order chi connectivity index (χ0) is 14.0. The Kier molecular flexibility index (Phi) is 4.13. The van der Waals surface area contributed by atoms with Crippen LogP contribution < -0.4 is 0 Å². The number of alkyl halides is 3. The van der Waals surface area contributed by atoms with Crippen molar-refractivity contribution in [2.45, 2.75) is 44.9 Å². The summed E-state index contributed by atoms with van der Waals surface area (Å²) in [6.45, 7) is 2.14. The van der Waals surface area contributed by atoms with Crippen LogP contribution >= 0.6 is 0 Å². The Hall–Kier alpha value is -1.10. The van der Waals surface area contributed by atoms with E-state index < -0.39 is 17.8 Å². The lowest BCUT2D eigenvalue weighted by molar-refractivity contribution is -0.137. The quantitative estimate of drug-likeness (QED) is 0.884. The van der Waals surface area contributed by atoms with Crippen molar-refractivity contribution < 1.29 is 18.3 Å². The van der Waals surface area contributed by atoms with Gasteiger partial charge in [-0.2, -0.15) is 13.2 Å². The highest BCUT2D eigenvalue weighted by atomic mass is 19.4. The van der Waals surface area contributed by atoms with Gasteiger partial charge in [0.1, 0.15) is 0 Å². The summed E-state index contributed by atoms with van der Waals surface area (Å²) < 4.78 is 37.3. The minimum absolute atomic E-state index is 0.105. The van der Waals surface area contributed by atoms with E-state index in [0.717, 1.165) is 37.9 Å². The van der Waals surface area contributed by atoms with Gasteiger partial charge in [-0.05, 0) is 36.8 Å². The maximum Gasteiger partial charge on any atom is 0.417 e. The lowest BCUT2D eigenvalue weighted by Gasteiger charge is -2.30. The second-order valence-electron chi connectivity index (χ2n) is 5.45. The van der Waals surface area contributed by atoms with Gasteiger partial charge in [-0.3, -0.25) is 4.98 Å². The van der Waals surface area contributed by atoms with E-state index in [1.165, 1.54) is 6.07 Å². The van der Waals surface area contributed by atoms with Crippen molar-refractivity contribution in [2.24, 2.45) is 11.8 Å². The number of pyridine rings is 1. The predicted molar refractivity (Wildman–Crippen MR) is 65.3 cm³/mol. The van der Waals surface area contributed by atoms with Crippen molar-refractivity contribution in [2.75, 3.05) is 0 Å². The largest absolute Gasteiger partial charge is 0.417 e. The molecule has 1 saturated carbocycles. The summed E-state index contributed by atoms with van der Waals surface area (Å²) >= 11 is 0. The third-order valence-electron chi connectivity index (χ3n) is 3.84. The number of halogens is 3. The van der Waals surface area contributed by atoms with E-state index >= 15 is 0 Å². The fourth-order valence-electron chi connectivity index (χ4n) is 2.76. The number of aromatic nitrogens is 1. The van der Waals surface area contributed by atoms with Gasteiger partial charge in [0.05, 0.1) is 17.4 Å². The molecule has 3 unspecified atom stereocenters. The molecule has 5 heteroatoms. The Morgan fingerprint density at radius 2 is 2.05 bits per heavy atom. The first-order valence-corrected chi connectivity index (χ1v) is 6.59. The molecule has 0 spiro atoms. The first-order valence-electron chi connectivity index (χ1n) is 6.59. The van der Waals surface area contributed by atoms with Crippen LogP contribution in [0.15, 0.2) is 18.3 Å². The summed E-state index contributed by atoms with van der Waals surface area (Å²) in [6.07, 6.45) is -0.309. The van der Waals surface area contributed by atoms with Crippen LogP contribution in [0.4, 0.5) is 13.2 Å². The fourth-order valence-corrected chi connectivity index (χ4v) is 2.76. The molecule has 0 radical (unpaired) electrons. The van der Waals surface area contributed by atoms with Crippen molar-refractivity contribution in [1.29, 1.82) is 0 Å². The van der Waals surface area contributed by atoms with Crippen LogP contribution in [0, 0.1) is 11.8 Å². The molecule has 0 aliphatic heterocycles. The molecule has 2 nitrogen and oxygen atoms in total. The second kappa shape index (κ2) is 5.49. The van der Waals surface area contributed by atoms with Gasteiger partial charge >= 0.3 is 6.18 Å². The van der Waals surface area contributed by atoms with Crippen molar-refractivity contribution >= 4 is 0 Å². The fraction of sp³-hybridized carbons (Fsp3) is 0.643. The molecule has 3 atom stereocenters. The zero-order valence-corrected chi connectivity index (χ0v) is 10.8. The first kappa shape index (κ1) is 14.3. The number of hydrogen-bond acceptors (Lipinski definition) is 2. The third-order valence-corrected chi connectivity index (χ3v) is 3.84. The molecule has 0 aromatic carbocycles. The standard InChI is InChI=1S/C14H18F3NO/c1-9-3-2-4-10(7-9)13(19)12-6-5-11(8-18-12)14(15,16)17/h5-6,8-10,13,19H,2-4,7H2,1H3. The SMILES string of the molecule is CC1CCCC(C(O)c2ccc(C(F)(F)F)cn2)C1. The molecular formula is C14H18F3NO. The maximum absolute atomic E-state index is 12.4. The van der Waals surface area contributed by atoms with Crippen LogP contribution in [-0.4, -0.2) is 10.1 Å². The molecular weight excluding hydrogens is 255 g/mol. The predicted octanol–water partition coefficient (Wildman–Crippen LogP) is 3.96. The molecule has 1 N–H and O–H groups in total. The van der Waals surface area contributed by atoms with Crippen LogP contribution in [0.2, 0.25) is 0 Å². The number of hydrogen-bond donors (Lipinski definition) is 1. The molecule has 1 heterocycles. The van der Waals surface area contributed by atoms with E-state index in [0.29, 0.717) is 11.6 Å². The van der Waals surface area contributed by atoms with Crippen LogP contribution in [0.5, 0.6) is 0 Å². The lowest BCUT2D eigenvalue weighted by Crippen LogP contribution is -2.21. The highest BCUT2D eigenvalue weighted by Crippen LogP contribution is 2.37. The van der Waals surface area contributed by atoms with Crippen LogP contribution in [-0.2, 0) is 6.18 Å². The Labute approximate surface area is 110 Å². The molecule has 1 aromatic rings. The van der Waals surface area contributed by atoms with Gasteiger partial charge in [-0.25, -0.2) is 0 Å². The number of nitrogens with zero attached hydrogens (tertiary/aromatic N) is 1. The minimum Gasteiger partial charge on any atom is -0.387 e. The van der Waals surface area contributed by atoms with Crippen molar-refractivity contribution in [3.63, 3.8) is 0 Å². The Morgan fingerprint density at radius 1 is 1.32 bits per heavy atom. The van der Waals surface area contributed by atoms with E-state index in [1.54, 1.807) is 0 Å². The monoisotopic (exact) mass is 273 g/mol. The lowest BCUT2D eigenvalue weighted by atomic mass is 9.79. The first-order chi connectivity index (χ1) is 8.88. The van der Waals surface area contributed by atoms with E-state index in [-0.39, 0.29) is 5.92 Å². The molecule has 0 bridgehead atoms. The topological polar surface area (TPSA) is 33.1 Å². The summed E-state index contributed by atoms with van der Waals surface area (Å²) in [6, 6.07) is 2.27. The van der Waals surface area contributed by atoms with Gasteiger partial charge in [0.2, 0.25) is 0 Å². The van der Waals surface area contributed by atoms with Crippen LogP contribution in [0.1, 0.15) is 50.0 Å². The Balaban J connectivity index is 2.09. The van der Waals surface area contributed by atoms with Gasteiger partial charge in [-0.1, -0.05) is 19.8 Å². The van der Waals surface area contributed by atoms with Crippen molar-refractivity contribution in [1.82, 2.24) is 4.98 Å². The second-order valence-corrected chi connectivity index (χ2v) is 5.45. The summed E-state index contributed by atoms with van der Waals surface area (Å²) in [5.74, 6) is 0.663. The third kappa shape index (κ3) is 3.47. The summed E-state index contributed by atoms with van der Waals surface area (Å²) in [4.78, 5) is 3.78. The van der Waals surface area contributed by atoms with Gasteiger partial charge in [-0.15, -0.1) is 0 Å². The summed E-state index contributed by atoms with van der Waals surface area (Å²) in [7, 11) is 0. The van der Waals surface area contributed by atoms with E-state index in [1.807, 2.05) is 0 Å². The van der Waals surface area contributed by atoms with Gasteiger partial charge in [0.25, 0.3) is 0 Å². The van der Waals surface area contributed by atoms with Crippen molar-refractivity contribution in [3.8, 4) is 0 Å².